The van der Waals surface area contributed by atoms with Crippen LogP contribution in [0.4, 0.5) is 5.69 Å². The molecule has 0 fully saturated rings. The predicted octanol–water partition coefficient (Wildman–Crippen LogP) is 3.41. The lowest BCUT2D eigenvalue weighted by atomic mass is 10.1. The third kappa shape index (κ3) is 2.64. The molecule has 1 atom stereocenters. The fourth-order valence-electron chi connectivity index (χ4n) is 2.14. The second-order valence-corrected chi connectivity index (χ2v) is 4.71. The maximum absolute atomic E-state index is 5.63. The monoisotopic (exact) mass is 267 g/mol. The summed E-state index contributed by atoms with van der Waals surface area (Å²) in [5.41, 5.74) is 3.18. The van der Waals surface area contributed by atoms with Crippen LogP contribution in [0.1, 0.15) is 30.6 Å². The molecule has 0 spiro atoms. The van der Waals surface area contributed by atoms with Crippen molar-refractivity contribution < 1.29 is 4.74 Å². The molecule has 1 aromatic carbocycles. The van der Waals surface area contributed by atoms with Gasteiger partial charge in [-0.3, -0.25) is 9.98 Å². The van der Waals surface area contributed by atoms with Crippen LogP contribution in [-0.2, 0) is 0 Å². The molecule has 1 unspecified atom stereocenters. The largest absolute Gasteiger partial charge is 0.494 e. The lowest BCUT2D eigenvalue weighted by Gasteiger charge is -2.22. The highest BCUT2D eigenvalue weighted by Crippen LogP contribution is 2.29. The Morgan fingerprint density at radius 1 is 1.30 bits per heavy atom. The van der Waals surface area contributed by atoms with E-state index >= 15 is 0 Å². The van der Waals surface area contributed by atoms with E-state index in [9.17, 15) is 0 Å². The van der Waals surface area contributed by atoms with Gasteiger partial charge in [0, 0.05) is 35.4 Å². The van der Waals surface area contributed by atoms with Crippen LogP contribution < -0.4 is 10.1 Å². The van der Waals surface area contributed by atoms with Crippen LogP contribution in [-0.4, -0.2) is 17.8 Å². The molecule has 0 aliphatic carbocycles. The van der Waals surface area contributed by atoms with Crippen molar-refractivity contribution in [2.75, 3.05) is 11.9 Å². The van der Waals surface area contributed by atoms with Crippen LogP contribution in [0.2, 0.25) is 0 Å². The summed E-state index contributed by atoms with van der Waals surface area (Å²) < 4.78 is 5.63. The van der Waals surface area contributed by atoms with Gasteiger partial charge in [-0.15, -0.1) is 0 Å². The summed E-state index contributed by atoms with van der Waals surface area (Å²) in [6.07, 6.45) is 6.42. The molecule has 0 radical (unpaired) electrons. The lowest BCUT2D eigenvalue weighted by Crippen LogP contribution is -2.14. The summed E-state index contributed by atoms with van der Waals surface area (Å²) in [5, 5.41) is 3.40. The predicted molar refractivity (Wildman–Crippen MR) is 80.4 cm³/mol. The Hall–Kier alpha value is -2.36. The van der Waals surface area contributed by atoms with Crippen molar-refractivity contribution in [1.29, 1.82) is 0 Å². The van der Waals surface area contributed by atoms with Gasteiger partial charge in [-0.25, -0.2) is 0 Å². The van der Waals surface area contributed by atoms with Crippen molar-refractivity contribution in [3.63, 3.8) is 0 Å². The molecule has 20 heavy (non-hydrogen) atoms. The van der Waals surface area contributed by atoms with Gasteiger partial charge in [0.1, 0.15) is 11.9 Å². The number of benzene rings is 1. The van der Waals surface area contributed by atoms with E-state index in [-0.39, 0.29) is 6.17 Å². The minimum atomic E-state index is -0.0707. The SMILES string of the molecule is CCCOc1ccc2c(c1)C=NC(c1cccnc1)N2. The summed E-state index contributed by atoms with van der Waals surface area (Å²) >= 11 is 0. The van der Waals surface area contributed by atoms with Gasteiger partial charge in [-0.2, -0.15) is 0 Å². The first-order chi connectivity index (χ1) is 9.86. The van der Waals surface area contributed by atoms with Crippen molar-refractivity contribution in [1.82, 2.24) is 4.98 Å². The Morgan fingerprint density at radius 3 is 3.05 bits per heavy atom. The molecule has 0 saturated carbocycles. The van der Waals surface area contributed by atoms with Crippen LogP contribution >= 0.6 is 0 Å². The second kappa shape index (κ2) is 5.74. The van der Waals surface area contributed by atoms with Crippen molar-refractivity contribution in [2.45, 2.75) is 19.5 Å². The minimum Gasteiger partial charge on any atom is -0.494 e. The molecule has 2 heterocycles. The molecule has 4 nitrogen and oxygen atoms in total. The maximum atomic E-state index is 5.63. The first-order valence-electron chi connectivity index (χ1n) is 6.83. The zero-order chi connectivity index (χ0) is 13.8. The number of hydrogen-bond acceptors (Lipinski definition) is 4. The number of pyridine rings is 1. The van der Waals surface area contributed by atoms with E-state index in [4.69, 9.17) is 4.74 Å². The molecular formula is C16H17N3O. The van der Waals surface area contributed by atoms with Crippen LogP contribution in [0.25, 0.3) is 0 Å². The molecule has 1 aliphatic rings. The van der Waals surface area contributed by atoms with Crippen molar-refractivity contribution >= 4 is 11.9 Å². The molecular weight excluding hydrogens is 250 g/mol. The van der Waals surface area contributed by atoms with E-state index in [1.54, 1.807) is 6.20 Å². The van der Waals surface area contributed by atoms with Crippen LogP contribution in [0.3, 0.4) is 0 Å². The average molecular weight is 267 g/mol. The number of rotatable bonds is 4. The fourth-order valence-corrected chi connectivity index (χ4v) is 2.14. The Balaban J connectivity index is 1.80. The molecule has 1 aromatic heterocycles. The van der Waals surface area contributed by atoms with Gasteiger partial charge in [-0.05, 0) is 30.7 Å². The molecule has 4 heteroatoms. The van der Waals surface area contributed by atoms with Gasteiger partial charge in [0.05, 0.1) is 6.61 Å². The first-order valence-corrected chi connectivity index (χ1v) is 6.83. The number of nitrogens with one attached hydrogen (secondary N) is 1. The Labute approximate surface area is 118 Å². The van der Waals surface area contributed by atoms with E-state index in [0.717, 1.165) is 35.6 Å². The molecule has 0 amide bonds. The molecule has 0 saturated heterocycles. The molecule has 1 aliphatic heterocycles. The normalized spacial score (nSPS) is 16.4. The molecule has 2 aromatic rings. The van der Waals surface area contributed by atoms with Crippen LogP contribution in [0.5, 0.6) is 5.75 Å². The van der Waals surface area contributed by atoms with Gasteiger partial charge in [0.15, 0.2) is 0 Å². The standard InChI is InChI=1S/C16H17N3O/c1-2-8-20-14-5-6-15-13(9-14)11-18-16(19-15)12-4-3-7-17-10-12/h3-7,9-11,16,19H,2,8H2,1H3. The number of ether oxygens (including phenoxy) is 1. The first kappa shape index (κ1) is 12.7. The third-order valence-corrected chi connectivity index (χ3v) is 3.15. The summed E-state index contributed by atoms with van der Waals surface area (Å²) in [6.45, 7) is 2.83. The van der Waals surface area contributed by atoms with Gasteiger partial charge < -0.3 is 10.1 Å². The van der Waals surface area contributed by atoms with Crippen molar-refractivity contribution in [3.8, 4) is 5.75 Å². The van der Waals surface area contributed by atoms with Gasteiger partial charge in [-0.1, -0.05) is 13.0 Å². The summed E-state index contributed by atoms with van der Waals surface area (Å²) in [5.74, 6) is 0.888. The van der Waals surface area contributed by atoms with E-state index in [0.29, 0.717) is 0 Å². The zero-order valence-corrected chi connectivity index (χ0v) is 11.4. The van der Waals surface area contributed by atoms with Crippen molar-refractivity contribution in [3.05, 3.63) is 53.9 Å². The van der Waals surface area contributed by atoms with E-state index in [2.05, 4.69) is 22.2 Å². The third-order valence-electron chi connectivity index (χ3n) is 3.15. The van der Waals surface area contributed by atoms with E-state index in [1.807, 2.05) is 42.7 Å². The summed E-state index contributed by atoms with van der Waals surface area (Å²) in [4.78, 5) is 8.66. The molecule has 1 N–H and O–H groups in total. The van der Waals surface area contributed by atoms with Gasteiger partial charge in [0.2, 0.25) is 0 Å². The van der Waals surface area contributed by atoms with Gasteiger partial charge in [0.25, 0.3) is 0 Å². The topological polar surface area (TPSA) is 46.5 Å². The average Bonchev–Trinajstić information content (AvgIpc) is 2.53. The highest BCUT2D eigenvalue weighted by atomic mass is 16.5. The number of hydrogen-bond donors (Lipinski definition) is 1. The number of nitrogens with zero attached hydrogens (tertiary/aromatic N) is 2. The number of aliphatic imine (C=N–C) groups is 1. The fraction of sp³-hybridized carbons (Fsp3) is 0.250. The smallest absolute Gasteiger partial charge is 0.146 e. The highest BCUT2D eigenvalue weighted by molar-refractivity contribution is 5.90. The van der Waals surface area contributed by atoms with Gasteiger partial charge >= 0.3 is 0 Å². The summed E-state index contributed by atoms with van der Waals surface area (Å²) in [6, 6.07) is 9.98. The minimum absolute atomic E-state index is 0.0707. The Morgan fingerprint density at radius 2 is 2.25 bits per heavy atom. The quantitative estimate of drug-likeness (QED) is 0.923. The Kier molecular flexibility index (Phi) is 3.63. The highest BCUT2D eigenvalue weighted by Gasteiger charge is 2.15. The van der Waals surface area contributed by atoms with Crippen LogP contribution in [0.15, 0.2) is 47.7 Å². The van der Waals surface area contributed by atoms with E-state index < -0.39 is 0 Å². The maximum Gasteiger partial charge on any atom is 0.146 e. The van der Waals surface area contributed by atoms with Crippen molar-refractivity contribution in [2.24, 2.45) is 4.99 Å². The van der Waals surface area contributed by atoms with E-state index in [1.165, 1.54) is 0 Å². The molecule has 0 bridgehead atoms. The van der Waals surface area contributed by atoms with Crippen LogP contribution in [0, 0.1) is 0 Å². The second-order valence-electron chi connectivity index (χ2n) is 4.71. The summed E-state index contributed by atoms with van der Waals surface area (Å²) in [7, 11) is 0. The molecule has 3 rings (SSSR count). The molecule has 102 valence electrons. The number of anilines is 1. The number of aromatic nitrogens is 1. The Bertz CT molecular complexity index is 610. The lowest BCUT2D eigenvalue weighted by molar-refractivity contribution is 0.317. The number of fused-ring (bicyclic) bond motifs is 1. The zero-order valence-electron chi connectivity index (χ0n) is 11.4.